The van der Waals surface area contributed by atoms with E-state index in [4.69, 9.17) is 16.3 Å². The molecule has 0 aliphatic carbocycles. The van der Waals surface area contributed by atoms with Crippen LogP contribution in [0.15, 0.2) is 18.2 Å². The Kier molecular flexibility index (Phi) is 5.30. The molecule has 0 radical (unpaired) electrons. The number of nitrogens with one attached hydrogen (secondary N) is 1. The lowest BCUT2D eigenvalue weighted by molar-refractivity contribution is 0.0343. The van der Waals surface area contributed by atoms with Gasteiger partial charge in [-0.3, -0.25) is 0 Å². The lowest BCUT2D eigenvalue weighted by Crippen LogP contribution is -2.48. The Morgan fingerprint density at radius 1 is 1.40 bits per heavy atom. The largest absolute Gasteiger partial charge is 0.375 e. The summed E-state index contributed by atoms with van der Waals surface area (Å²) in [5, 5.41) is 4.27. The molecule has 1 aliphatic rings. The third-order valence-electron chi connectivity index (χ3n) is 3.66. The standard InChI is InChI=1S/C16H25ClN2O/c1-11(2)18-8-14-7-15(17)5-6-16(14)19-9-13(4)20-10-12(19)3/h5-7,11-13,18H,8-10H2,1-4H3. The molecule has 1 aromatic carbocycles. The van der Waals surface area contributed by atoms with Crippen LogP contribution in [0.4, 0.5) is 5.69 Å². The molecule has 1 fully saturated rings. The third-order valence-corrected chi connectivity index (χ3v) is 3.89. The van der Waals surface area contributed by atoms with Gasteiger partial charge in [-0.05, 0) is 37.6 Å². The molecular weight excluding hydrogens is 272 g/mol. The van der Waals surface area contributed by atoms with Crippen LogP contribution in [-0.4, -0.2) is 31.3 Å². The highest BCUT2D eigenvalue weighted by molar-refractivity contribution is 6.30. The van der Waals surface area contributed by atoms with Gasteiger partial charge in [-0.15, -0.1) is 0 Å². The first-order valence-corrected chi connectivity index (χ1v) is 7.75. The molecule has 0 bridgehead atoms. The second-order valence-electron chi connectivity index (χ2n) is 5.95. The fourth-order valence-corrected chi connectivity index (χ4v) is 2.72. The Bertz CT molecular complexity index is 450. The molecule has 4 heteroatoms. The summed E-state index contributed by atoms with van der Waals surface area (Å²) in [6.07, 6.45) is 0.271. The summed E-state index contributed by atoms with van der Waals surface area (Å²) >= 11 is 6.17. The van der Waals surface area contributed by atoms with E-state index in [2.05, 4.69) is 50.0 Å². The summed E-state index contributed by atoms with van der Waals surface area (Å²) in [5.41, 5.74) is 2.53. The maximum absolute atomic E-state index is 6.17. The van der Waals surface area contributed by atoms with Gasteiger partial charge in [0, 0.05) is 35.9 Å². The van der Waals surface area contributed by atoms with Gasteiger partial charge in [-0.1, -0.05) is 25.4 Å². The van der Waals surface area contributed by atoms with Crippen molar-refractivity contribution in [1.29, 1.82) is 0 Å². The van der Waals surface area contributed by atoms with Crippen molar-refractivity contribution in [2.75, 3.05) is 18.1 Å². The van der Waals surface area contributed by atoms with Gasteiger partial charge in [-0.25, -0.2) is 0 Å². The van der Waals surface area contributed by atoms with E-state index in [-0.39, 0.29) is 6.10 Å². The van der Waals surface area contributed by atoms with E-state index < -0.39 is 0 Å². The summed E-state index contributed by atoms with van der Waals surface area (Å²) < 4.78 is 5.72. The molecule has 112 valence electrons. The first kappa shape index (κ1) is 15.6. The van der Waals surface area contributed by atoms with Crippen LogP contribution in [0.2, 0.25) is 5.02 Å². The molecule has 1 N–H and O–H groups in total. The number of hydrogen-bond acceptors (Lipinski definition) is 3. The molecule has 2 atom stereocenters. The number of ether oxygens (including phenoxy) is 1. The first-order valence-electron chi connectivity index (χ1n) is 7.37. The van der Waals surface area contributed by atoms with E-state index in [0.717, 1.165) is 24.7 Å². The second kappa shape index (κ2) is 6.79. The van der Waals surface area contributed by atoms with Crippen molar-refractivity contribution in [2.24, 2.45) is 0 Å². The fourth-order valence-electron chi connectivity index (χ4n) is 2.53. The molecule has 1 aromatic rings. The number of morpholine rings is 1. The number of halogens is 1. The molecule has 0 amide bonds. The minimum absolute atomic E-state index is 0.271. The quantitative estimate of drug-likeness (QED) is 0.921. The molecule has 20 heavy (non-hydrogen) atoms. The predicted octanol–water partition coefficient (Wildman–Crippen LogP) is 3.45. The maximum Gasteiger partial charge on any atom is 0.0723 e. The van der Waals surface area contributed by atoms with Gasteiger partial charge in [0.25, 0.3) is 0 Å². The van der Waals surface area contributed by atoms with E-state index in [1.165, 1.54) is 11.3 Å². The van der Waals surface area contributed by atoms with Crippen molar-refractivity contribution in [2.45, 2.75) is 52.4 Å². The lowest BCUT2D eigenvalue weighted by Gasteiger charge is -2.39. The van der Waals surface area contributed by atoms with E-state index in [1.54, 1.807) is 0 Å². The van der Waals surface area contributed by atoms with E-state index in [1.807, 2.05) is 6.07 Å². The molecule has 0 saturated carbocycles. The molecule has 2 unspecified atom stereocenters. The minimum atomic E-state index is 0.271. The smallest absolute Gasteiger partial charge is 0.0723 e. The topological polar surface area (TPSA) is 24.5 Å². The molecular formula is C16H25ClN2O. The zero-order valence-corrected chi connectivity index (χ0v) is 13.6. The lowest BCUT2D eigenvalue weighted by atomic mass is 10.1. The first-order chi connectivity index (χ1) is 9.47. The van der Waals surface area contributed by atoms with Gasteiger partial charge >= 0.3 is 0 Å². The molecule has 1 aliphatic heterocycles. The van der Waals surface area contributed by atoms with Crippen molar-refractivity contribution in [3.63, 3.8) is 0 Å². The number of hydrogen-bond donors (Lipinski definition) is 1. The Morgan fingerprint density at radius 2 is 2.15 bits per heavy atom. The Hall–Kier alpha value is -0.770. The van der Waals surface area contributed by atoms with Crippen LogP contribution >= 0.6 is 11.6 Å². The zero-order chi connectivity index (χ0) is 14.7. The predicted molar refractivity (Wildman–Crippen MR) is 85.6 cm³/mol. The highest BCUT2D eigenvalue weighted by atomic mass is 35.5. The highest BCUT2D eigenvalue weighted by Crippen LogP contribution is 2.28. The zero-order valence-electron chi connectivity index (χ0n) is 12.8. The molecule has 0 aromatic heterocycles. The van der Waals surface area contributed by atoms with Crippen LogP contribution in [0.1, 0.15) is 33.3 Å². The molecule has 1 saturated heterocycles. The monoisotopic (exact) mass is 296 g/mol. The molecule has 1 heterocycles. The van der Waals surface area contributed by atoms with Gasteiger partial charge in [0.15, 0.2) is 0 Å². The van der Waals surface area contributed by atoms with Crippen LogP contribution in [0.3, 0.4) is 0 Å². The van der Waals surface area contributed by atoms with Gasteiger partial charge in [0.1, 0.15) is 0 Å². The number of anilines is 1. The van der Waals surface area contributed by atoms with Crippen molar-refractivity contribution < 1.29 is 4.74 Å². The summed E-state index contributed by atoms with van der Waals surface area (Å²) in [5.74, 6) is 0. The van der Waals surface area contributed by atoms with Gasteiger partial charge < -0.3 is 15.0 Å². The van der Waals surface area contributed by atoms with Crippen molar-refractivity contribution in [1.82, 2.24) is 5.32 Å². The van der Waals surface area contributed by atoms with E-state index >= 15 is 0 Å². The van der Waals surface area contributed by atoms with Crippen LogP contribution in [-0.2, 0) is 11.3 Å². The Balaban J connectivity index is 2.24. The summed E-state index contributed by atoms with van der Waals surface area (Å²) in [4.78, 5) is 2.43. The van der Waals surface area contributed by atoms with Crippen LogP contribution in [0.5, 0.6) is 0 Å². The summed E-state index contributed by atoms with van der Waals surface area (Å²) in [7, 11) is 0. The maximum atomic E-state index is 6.17. The van der Waals surface area contributed by atoms with Gasteiger partial charge in [0.05, 0.1) is 12.7 Å². The van der Waals surface area contributed by atoms with E-state index in [9.17, 15) is 0 Å². The highest BCUT2D eigenvalue weighted by Gasteiger charge is 2.25. The summed E-state index contributed by atoms with van der Waals surface area (Å²) in [6.45, 7) is 11.2. The van der Waals surface area contributed by atoms with E-state index in [0.29, 0.717) is 12.1 Å². The molecule has 0 spiro atoms. The average Bonchev–Trinajstić information content (AvgIpc) is 2.39. The molecule has 3 nitrogen and oxygen atoms in total. The Labute approximate surface area is 127 Å². The molecule has 2 rings (SSSR count). The number of rotatable bonds is 4. The van der Waals surface area contributed by atoms with Crippen molar-refractivity contribution >= 4 is 17.3 Å². The second-order valence-corrected chi connectivity index (χ2v) is 6.39. The summed E-state index contributed by atoms with van der Waals surface area (Å²) in [6, 6.07) is 7.03. The minimum Gasteiger partial charge on any atom is -0.375 e. The third kappa shape index (κ3) is 3.87. The SMILES string of the molecule is CC(C)NCc1cc(Cl)ccc1N1CC(C)OCC1C. The fraction of sp³-hybridized carbons (Fsp3) is 0.625. The number of nitrogens with zero attached hydrogens (tertiary/aromatic N) is 1. The van der Waals surface area contributed by atoms with Crippen molar-refractivity contribution in [3.8, 4) is 0 Å². The van der Waals surface area contributed by atoms with Crippen LogP contribution in [0, 0.1) is 0 Å². The van der Waals surface area contributed by atoms with Gasteiger partial charge in [0.2, 0.25) is 0 Å². The van der Waals surface area contributed by atoms with Gasteiger partial charge in [-0.2, -0.15) is 0 Å². The Morgan fingerprint density at radius 3 is 2.85 bits per heavy atom. The average molecular weight is 297 g/mol. The van der Waals surface area contributed by atoms with Crippen molar-refractivity contribution in [3.05, 3.63) is 28.8 Å². The van der Waals surface area contributed by atoms with Crippen LogP contribution in [0.25, 0.3) is 0 Å². The van der Waals surface area contributed by atoms with Crippen LogP contribution < -0.4 is 10.2 Å². The normalized spacial score (nSPS) is 23.4. The number of benzene rings is 1.